The summed E-state index contributed by atoms with van der Waals surface area (Å²) in [5.41, 5.74) is 7.07. The van der Waals surface area contributed by atoms with E-state index in [1.165, 1.54) is 24.9 Å². The normalized spacial score (nSPS) is 21.7. The van der Waals surface area contributed by atoms with Crippen LogP contribution >= 0.6 is 0 Å². The first-order valence-corrected chi connectivity index (χ1v) is 7.30. The van der Waals surface area contributed by atoms with Gasteiger partial charge in [0, 0.05) is 38.1 Å². The van der Waals surface area contributed by atoms with Gasteiger partial charge in [-0.15, -0.1) is 0 Å². The van der Waals surface area contributed by atoms with Gasteiger partial charge in [0.25, 0.3) is 0 Å². The molecular weight excluding hydrogens is 238 g/mol. The van der Waals surface area contributed by atoms with Gasteiger partial charge in [-0.25, -0.2) is 0 Å². The molecule has 0 aliphatic carbocycles. The number of pyridine rings is 1. The van der Waals surface area contributed by atoms with Crippen LogP contribution in [0.2, 0.25) is 0 Å². The fourth-order valence-electron chi connectivity index (χ4n) is 2.86. The molecule has 1 aliphatic rings. The van der Waals surface area contributed by atoms with Gasteiger partial charge in [0.1, 0.15) is 0 Å². The van der Waals surface area contributed by atoms with Crippen molar-refractivity contribution in [3.8, 4) is 0 Å². The molecule has 2 unspecified atom stereocenters. The number of hydrogen-bond acceptors (Lipinski definition) is 4. The lowest BCUT2D eigenvalue weighted by atomic mass is 10.1. The third-order valence-electron chi connectivity index (χ3n) is 3.84. The highest BCUT2D eigenvalue weighted by Crippen LogP contribution is 2.31. The molecule has 1 fully saturated rings. The van der Waals surface area contributed by atoms with E-state index in [1.54, 1.807) is 0 Å². The minimum Gasteiger partial charge on any atom is -0.377 e. The third-order valence-corrected chi connectivity index (χ3v) is 3.84. The summed E-state index contributed by atoms with van der Waals surface area (Å²) < 4.78 is 5.63. The molecule has 2 N–H and O–H groups in total. The van der Waals surface area contributed by atoms with Crippen LogP contribution in [0.1, 0.15) is 37.8 Å². The van der Waals surface area contributed by atoms with Crippen molar-refractivity contribution in [3.63, 3.8) is 0 Å². The van der Waals surface area contributed by atoms with E-state index < -0.39 is 0 Å². The molecule has 1 aliphatic heterocycles. The van der Waals surface area contributed by atoms with Crippen LogP contribution in [0.15, 0.2) is 24.5 Å². The summed E-state index contributed by atoms with van der Waals surface area (Å²) in [4.78, 5) is 6.77. The van der Waals surface area contributed by atoms with Gasteiger partial charge in [-0.2, -0.15) is 0 Å². The maximum Gasteiger partial charge on any atom is 0.0709 e. The van der Waals surface area contributed by atoms with Crippen molar-refractivity contribution >= 4 is 0 Å². The molecular formula is C15H25N3O. The highest BCUT2D eigenvalue weighted by atomic mass is 16.5. The molecule has 4 heteroatoms. The largest absolute Gasteiger partial charge is 0.377 e. The number of nitrogens with zero attached hydrogens (tertiary/aromatic N) is 2. The number of hydrogen-bond donors (Lipinski definition) is 1. The second-order valence-electron chi connectivity index (χ2n) is 5.08. The van der Waals surface area contributed by atoms with Crippen LogP contribution in [0.4, 0.5) is 0 Å². The second kappa shape index (κ2) is 7.58. The maximum atomic E-state index is 5.74. The van der Waals surface area contributed by atoms with Crippen LogP contribution in [0.25, 0.3) is 0 Å². The van der Waals surface area contributed by atoms with Crippen LogP contribution in [-0.2, 0) is 4.74 Å². The molecule has 2 atom stereocenters. The molecule has 0 spiro atoms. The van der Waals surface area contributed by atoms with Crippen molar-refractivity contribution in [2.45, 2.75) is 38.3 Å². The molecule has 0 aromatic carbocycles. The summed E-state index contributed by atoms with van der Waals surface area (Å²) in [6.45, 7) is 5.61. The lowest BCUT2D eigenvalue weighted by Crippen LogP contribution is -2.31. The van der Waals surface area contributed by atoms with E-state index in [-0.39, 0.29) is 6.10 Å². The Bertz CT molecular complexity index is 358. The average Bonchev–Trinajstić information content (AvgIpc) is 2.93. The van der Waals surface area contributed by atoms with Crippen molar-refractivity contribution in [3.05, 3.63) is 30.1 Å². The molecule has 0 saturated carbocycles. The Kier molecular flexibility index (Phi) is 5.76. The molecule has 0 bridgehead atoms. The minimum atomic E-state index is 0.195. The molecule has 1 aromatic rings. The van der Waals surface area contributed by atoms with Gasteiger partial charge in [0.15, 0.2) is 0 Å². The fraction of sp³-hybridized carbons (Fsp3) is 0.667. The van der Waals surface area contributed by atoms with E-state index >= 15 is 0 Å². The van der Waals surface area contributed by atoms with E-state index in [4.69, 9.17) is 10.5 Å². The van der Waals surface area contributed by atoms with Crippen LogP contribution in [0.3, 0.4) is 0 Å². The number of aromatic nitrogens is 1. The van der Waals surface area contributed by atoms with Crippen molar-refractivity contribution in [2.24, 2.45) is 5.73 Å². The predicted molar refractivity (Wildman–Crippen MR) is 76.9 cm³/mol. The Balaban J connectivity index is 1.89. The first-order chi connectivity index (χ1) is 9.35. The summed E-state index contributed by atoms with van der Waals surface area (Å²) >= 11 is 0. The molecule has 2 rings (SSSR count). The summed E-state index contributed by atoms with van der Waals surface area (Å²) in [6.07, 6.45) is 7.53. The minimum absolute atomic E-state index is 0.195. The first kappa shape index (κ1) is 14.4. The number of likely N-dealkylation sites (tertiary alicyclic amines) is 1. The van der Waals surface area contributed by atoms with Gasteiger partial charge in [0.05, 0.1) is 6.10 Å². The SMILES string of the molecule is CCOC(CN)CCN1CCCC1c1cccnc1. The van der Waals surface area contributed by atoms with Crippen LogP contribution in [-0.4, -0.2) is 42.2 Å². The highest BCUT2D eigenvalue weighted by Gasteiger charge is 2.26. The monoisotopic (exact) mass is 263 g/mol. The Morgan fingerprint density at radius 3 is 3.16 bits per heavy atom. The zero-order valence-electron chi connectivity index (χ0n) is 11.8. The fourth-order valence-corrected chi connectivity index (χ4v) is 2.86. The zero-order valence-corrected chi connectivity index (χ0v) is 11.8. The van der Waals surface area contributed by atoms with Crippen molar-refractivity contribution in [1.82, 2.24) is 9.88 Å². The van der Waals surface area contributed by atoms with Gasteiger partial charge < -0.3 is 10.5 Å². The van der Waals surface area contributed by atoms with Crippen LogP contribution < -0.4 is 5.73 Å². The Morgan fingerprint density at radius 2 is 2.47 bits per heavy atom. The lowest BCUT2D eigenvalue weighted by molar-refractivity contribution is 0.0531. The molecule has 19 heavy (non-hydrogen) atoms. The zero-order chi connectivity index (χ0) is 13.5. The van der Waals surface area contributed by atoms with Gasteiger partial charge in [0.2, 0.25) is 0 Å². The van der Waals surface area contributed by atoms with Crippen LogP contribution in [0.5, 0.6) is 0 Å². The summed E-state index contributed by atoms with van der Waals surface area (Å²) in [5.74, 6) is 0. The Labute approximate surface area is 116 Å². The summed E-state index contributed by atoms with van der Waals surface area (Å²) in [7, 11) is 0. The van der Waals surface area contributed by atoms with Gasteiger partial charge in [-0.05, 0) is 44.4 Å². The molecule has 1 saturated heterocycles. The van der Waals surface area contributed by atoms with E-state index in [0.717, 1.165) is 19.6 Å². The molecule has 0 amide bonds. The predicted octanol–water partition coefficient (Wildman–Crippen LogP) is 1.97. The standard InChI is InChI=1S/C15H25N3O/c1-2-19-14(11-16)7-10-18-9-4-6-15(18)13-5-3-8-17-12-13/h3,5,8,12,14-15H,2,4,6-7,9-11,16H2,1H3. The smallest absolute Gasteiger partial charge is 0.0709 e. The number of nitrogens with two attached hydrogens (primary N) is 1. The number of rotatable bonds is 7. The third kappa shape index (κ3) is 4.00. The van der Waals surface area contributed by atoms with Gasteiger partial charge >= 0.3 is 0 Å². The lowest BCUT2D eigenvalue weighted by Gasteiger charge is -2.26. The van der Waals surface area contributed by atoms with E-state index in [9.17, 15) is 0 Å². The van der Waals surface area contributed by atoms with Crippen molar-refractivity contribution in [2.75, 3.05) is 26.2 Å². The van der Waals surface area contributed by atoms with Crippen LogP contribution in [0, 0.1) is 0 Å². The van der Waals surface area contributed by atoms with Crippen molar-refractivity contribution < 1.29 is 4.74 Å². The molecule has 106 valence electrons. The first-order valence-electron chi connectivity index (χ1n) is 7.30. The Hall–Kier alpha value is -0.970. The molecule has 0 radical (unpaired) electrons. The molecule has 2 heterocycles. The average molecular weight is 263 g/mol. The molecule has 1 aromatic heterocycles. The highest BCUT2D eigenvalue weighted by molar-refractivity contribution is 5.15. The summed E-state index contributed by atoms with van der Waals surface area (Å²) in [6, 6.07) is 4.72. The summed E-state index contributed by atoms with van der Waals surface area (Å²) in [5, 5.41) is 0. The van der Waals surface area contributed by atoms with Crippen molar-refractivity contribution in [1.29, 1.82) is 0 Å². The topological polar surface area (TPSA) is 51.4 Å². The van der Waals surface area contributed by atoms with Gasteiger partial charge in [-0.3, -0.25) is 9.88 Å². The van der Waals surface area contributed by atoms with E-state index in [0.29, 0.717) is 12.6 Å². The number of ether oxygens (including phenoxy) is 1. The van der Waals surface area contributed by atoms with E-state index in [2.05, 4.69) is 16.0 Å². The Morgan fingerprint density at radius 1 is 1.58 bits per heavy atom. The maximum absolute atomic E-state index is 5.74. The second-order valence-corrected chi connectivity index (χ2v) is 5.08. The molecule has 4 nitrogen and oxygen atoms in total. The quantitative estimate of drug-likeness (QED) is 0.817. The van der Waals surface area contributed by atoms with Gasteiger partial charge in [-0.1, -0.05) is 6.07 Å². The van der Waals surface area contributed by atoms with E-state index in [1.807, 2.05) is 25.4 Å².